The summed E-state index contributed by atoms with van der Waals surface area (Å²) in [5.41, 5.74) is 1.61. The Bertz CT molecular complexity index is 1130. The maximum atomic E-state index is 12.9. The lowest BCUT2D eigenvalue weighted by Gasteiger charge is -2.11. The number of fused-ring (bicyclic) bond motifs is 1. The number of aliphatic imine (C=N–C) groups is 1. The summed E-state index contributed by atoms with van der Waals surface area (Å²) in [7, 11) is 0. The number of nitrogens with one attached hydrogen (secondary N) is 1. The number of amidine groups is 1. The minimum atomic E-state index is -0.530. The van der Waals surface area contributed by atoms with E-state index < -0.39 is 17.7 Å². The molecule has 1 fully saturated rings. The molecule has 140 valence electrons. The van der Waals surface area contributed by atoms with E-state index in [9.17, 15) is 14.4 Å². The Labute approximate surface area is 174 Å². The Hall–Kier alpha value is -2.61. The number of hydrogen-bond donors (Lipinski definition) is 1. The van der Waals surface area contributed by atoms with E-state index >= 15 is 0 Å². The highest BCUT2D eigenvalue weighted by atomic mass is 35.5. The van der Waals surface area contributed by atoms with Crippen molar-refractivity contribution in [2.24, 2.45) is 4.99 Å². The van der Waals surface area contributed by atoms with Crippen LogP contribution in [0, 0.1) is 0 Å². The normalized spacial score (nSPS) is 20.0. The average Bonchev–Trinajstić information content (AvgIpc) is 3.13. The van der Waals surface area contributed by atoms with Crippen molar-refractivity contribution in [2.45, 2.75) is 6.92 Å². The highest BCUT2D eigenvalue weighted by Crippen LogP contribution is 2.43. The monoisotopic (exact) mass is 431 g/mol. The van der Waals surface area contributed by atoms with Gasteiger partial charge < -0.3 is 5.32 Å². The molecule has 0 unspecified atom stereocenters. The Morgan fingerprint density at radius 1 is 1.14 bits per heavy atom. The first-order valence-corrected chi connectivity index (χ1v) is 9.65. The molecule has 1 N–H and O–H groups in total. The van der Waals surface area contributed by atoms with Crippen LogP contribution in [-0.4, -0.2) is 22.9 Å². The van der Waals surface area contributed by atoms with Crippen LogP contribution in [0.3, 0.4) is 0 Å². The van der Waals surface area contributed by atoms with Crippen LogP contribution in [0.1, 0.15) is 12.5 Å². The van der Waals surface area contributed by atoms with Crippen LogP contribution in [0.25, 0.3) is 5.57 Å². The van der Waals surface area contributed by atoms with E-state index in [0.29, 0.717) is 27.0 Å². The lowest BCUT2D eigenvalue weighted by Crippen LogP contribution is -2.31. The summed E-state index contributed by atoms with van der Waals surface area (Å²) in [5, 5.41) is 3.72. The third-order valence-corrected chi connectivity index (χ3v) is 5.65. The smallest absolute Gasteiger partial charge is 0.267 e. The largest absolute Gasteiger partial charge is 0.300 e. The standard InChI is InChI=1S/C19H11Cl2N3O3S/c1-9(25)24-14-5-3-2-4-11(14)15(18(24)27)16-17(26)23-19(28-16)22-13-7-6-10(20)8-12(13)21/h2-8H,1H3,(H,22,23,26)/b16-15-. The number of halogens is 2. The van der Waals surface area contributed by atoms with Crippen LogP contribution in [0.5, 0.6) is 0 Å². The van der Waals surface area contributed by atoms with Gasteiger partial charge in [-0.25, -0.2) is 9.89 Å². The molecule has 2 aliphatic rings. The number of carbonyl (C=O) groups is 3. The number of rotatable bonds is 1. The third kappa shape index (κ3) is 3.11. The van der Waals surface area contributed by atoms with E-state index in [2.05, 4.69) is 10.3 Å². The van der Waals surface area contributed by atoms with Crippen LogP contribution < -0.4 is 10.2 Å². The van der Waals surface area contributed by atoms with E-state index in [1.807, 2.05) is 0 Å². The van der Waals surface area contributed by atoms with Gasteiger partial charge in [0.1, 0.15) is 0 Å². The van der Waals surface area contributed by atoms with Gasteiger partial charge in [0.2, 0.25) is 5.91 Å². The first-order chi connectivity index (χ1) is 13.4. The Kier molecular flexibility index (Phi) is 4.74. The number of anilines is 1. The molecule has 0 aliphatic carbocycles. The van der Waals surface area contributed by atoms with Crippen molar-refractivity contribution in [2.75, 3.05) is 4.90 Å². The summed E-state index contributed by atoms with van der Waals surface area (Å²) in [4.78, 5) is 43.0. The minimum Gasteiger partial charge on any atom is -0.300 e. The van der Waals surface area contributed by atoms with Gasteiger partial charge in [-0.2, -0.15) is 0 Å². The van der Waals surface area contributed by atoms with Crippen LogP contribution in [-0.2, 0) is 14.4 Å². The van der Waals surface area contributed by atoms with E-state index in [1.54, 1.807) is 42.5 Å². The van der Waals surface area contributed by atoms with Gasteiger partial charge in [-0.1, -0.05) is 41.4 Å². The lowest BCUT2D eigenvalue weighted by atomic mass is 10.1. The summed E-state index contributed by atoms with van der Waals surface area (Å²) in [6.45, 7) is 1.31. The number of hydrogen-bond acceptors (Lipinski definition) is 5. The van der Waals surface area contributed by atoms with Crippen LogP contribution in [0.15, 0.2) is 52.4 Å². The molecular weight excluding hydrogens is 421 g/mol. The van der Waals surface area contributed by atoms with Gasteiger partial charge in [0.25, 0.3) is 11.8 Å². The molecule has 2 aromatic carbocycles. The van der Waals surface area contributed by atoms with Gasteiger partial charge in [0, 0.05) is 17.5 Å². The van der Waals surface area contributed by atoms with Crippen molar-refractivity contribution in [3.05, 3.63) is 63.0 Å². The van der Waals surface area contributed by atoms with Crippen LogP contribution >= 0.6 is 35.0 Å². The number of imide groups is 1. The summed E-state index contributed by atoms with van der Waals surface area (Å²) in [5.74, 6) is -1.41. The Morgan fingerprint density at radius 2 is 1.89 bits per heavy atom. The molecule has 28 heavy (non-hydrogen) atoms. The van der Waals surface area contributed by atoms with Gasteiger partial charge >= 0.3 is 0 Å². The molecule has 0 aromatic heterocycles. The molecule has 6 nitrogen and oxygen atoms in total. The van der Waals surface area contributed by atoms with Gasteiger partial charge in [-0.15, -0.1) is 0 Å². The van der Waals surface area contributed by atoms with Gasteiger partial charge in [-0.05, 0) is 36.0 Å². The molecule has 9 heteroatoms. The molecule has 2 aromatic rings. The lowest BCUT2D eigenvalue weighted by molar-refractivity contribution is -0.122. The van der Waals surface area contributed by atoms with Gasteiger partial charge in [-0.3, -0.25) is 14.4 Å². The molecule has 0 saturated carbocycles. The van der Waals surface area contributed by atoms with E-state index in [4.69, 9.17) is 23.2 Å². The summed E-state index contributed by atoms with van der Waals surface area (Å²) in [6, 6.07) is 11.7. The number of nitrogens with zero attached hydrogens (tertiary/aromatic N) is 2. The number of para-hydroxylation sites is 1. The highest BCUT2D eigenvalue weighted by molar-refractivity contribution is 8.18. The molecule has 1 saturated heterocycles. The fourth-order valence-electron chi connectivity index (χ4n) is 2.97. The molecule has 2 heterocycles. The third-order valence-electron chi connectivity index (χ3n) is 4.13. The Balaban J connectivity index is 1.78. The molecule has 0 spiro atoms. The summed E-state index contributed by atoms with van der Waals surface area (Å²) < 4.78 is 0. The second-order valence-electron chi connectivity index (χ2n) is 5.95. The Morgan fingerprint density at radius 3 is 2.61 bits per heavy atom. The van der Waals surface area contributed by atoms with Gasteiger partial charge in [0.15, 0.2) is 5.17 Å². The SMILES string of the molecule is CC(=O)N1C(=O)/C(=C2\SC(=Nc3ccc(Cl)cc3Cl)NC2=O)c2ccccc21. The minimum absolute atomic E-state index is 0.181. The number of thioether (sulfide) groups is 1. The zero-order valence-electron chi connectivity index (χ0n) is 14.3. The topological polar surface area (TPSA) is 78.8 Å². The predicted molar refractivity (Wildman–Crippen MR) is 111 cm³/mol. The molecular formula is C19H11Cl2N3O3S. The van der Waals surface area contributed by atoms with Crippen molar-refractivity contribution in [1.82, 2.24) is 5.32 Å². The molecule has 0 radical (unpaired) electrons. The summed E-state index contributed by atoms with van der Waals surface area (Å²) >= 11 is 13.0. The number of carbonyl (C=O) groups excluding carboxylic acids is 3. The average molecular weight is 432 g/mol. The maximum Gasteiger partial charge on any atom is 0.267 e. The number of benzene rings is 2. The highest BCUT2D eigenvalue weighted by Gasteiger charge is 2.40. The fraction of sp³-hybridized carbons (Fsp3) is 0.0526. The predicted octanol–water partition coefficient (Wildman–Crippen LogP) is 4.15. The van der Waals surface area contributed by atoms with Crippen LogP contribution in [0.4, 0.5) is 11.4 Å². The zero-order valence-corrected chi connectivity index (χ0v) is 16.7. The van der Waals surface area contributed by atoms with Crippen molar-refractivity contribution in [1.29, 1.82) is 0 Å². The molecule has 0 bridgehead atoms. The quantitative estimate of drug-likeness (QED) is 0.687. The van der Waals surface area contributed by atoms with E-state index in [1.165, 1.54) is 6.92 Å². The first-order valence-electron chi connectivity index (χ1n) is 8.08. The van der Waals surface area contributed by atoms with E-state index in [-0.39, 0.29) is 15.6 Å². The zero-order chi connectivity index (χ0) is 20.0. The second-order valence-corrected chi connectivity index (χ2v) is 7.79. The number of amides is 3. The van der Waals surface area contributed by atoms with Crippen LogP contribution in [0.2, 0.25) is 10.0 Å². The first kappa shape index (κ1) is 18.7. The molecule has 2 aliphatic heterocycles. The summed E-state index contributed by atoms with van der Waals surface area (Å²) in [6.07, 6.45) is 0. The van der Waals surface area contributed by atoms with E-state index in [0.717, 1.165) is 16.7 Å². The van der Waals surface area contributed by atoms with Crippen molar-refractivity contribution in [3.63, 3.8) is 0 Å². The molecule has 3 amide bonds. The molecule has 0 atom stereocenters. The molecule has 4 rings (SSSR count). The second kappa shape index (κ2) is 7.09. The van der Waals surface area contributed by atoms with Gasteiger partial charge in [0.05, 0.1) is 26.9 Å². The van der Waals surface area contributed by atoms with Crippen molar-refractivity contribution >= 4 is 74.8 Å². The fourth-order valence-corrected chi connectivity index (χ4v) is 4.34. The van der Waals surface area contributed by atoms with Crippen molar-refractivity contribution in [3.8, 4) is 0 Å². The van der Waals surface area contributed by atoms with Crippen molar-refractivity contribution < 1.29 is 14.4 Å². The maximum absolute atomic E-state index is 12.9.